The molecule has 3 heteroatoms. The van der Waals surface area contributed by atoms with Crippen molar-refractivity contribution in [3.63, 3.8) is 0 Å². The summed E-state index contributed by atoms with van der Waals surface area (Å²) in [5, 5.41) is 0. The van der Waals surface area contributed by atoms with Gasteiger partial charge < -0.3 is 10.3 Å². The largest absolute Gasteiger partial charge is 0.336 e. The van der Waals surface area contributed by atoms with E-state index in [0.717, 1.165) is 12.1 Å². The molecular weight excluding hydrogens is 174 g/mol. The molecule has 0 spiro atoms. The minimum Gasteiger partial charge on any atom is -0.336 e. The van der Waals surface area contributed by atoms with Crippen LogP contribution in [0, 0.1) is 0 Å². The number of nitrogens with two attached hydrogens (primary N) is 1. The van der Waals surface area contributed by atoms with Crippen LogP contribution in [0.2, 0.25) is 0 Å². The van der Waals surface area contributed by atoms with Gasteiger partial charge in [-0.1, -0.05) is 30.3 Å². The van der Waals surface area contributed by atoms with E-state index in [2.05, 4.69) is 4.98 Å². The molecule has 0 aliphatic heterocycles. The molecule has 0 amide bonds. The molecule has 0 radical (unpaired) electrons. The highest BCUT2D eigenvalue weighted by molar-refractivity contribution is 5.18. The first-order valence-electron chi connectivity index (χ1n) is 4.62. The summed E-state index contributed by atoms with van der Waals surface area (Å²) >= 11 is 0. The van der Waals surface area contributed by atoms with Crippen molar-refractivity contribution in [2.75, 3.05) is 0 Å². The highest BCUT2D eigenvalue weighted by atomic mass is 15.0. The molecule has 72 valence electrons. The van der Waals surface area contributed by atoms with Crippen LogP contribution in [0.4, 0.5) is 0 Å². The van der Waals surface area contributed by atoms with Crippen molar-refractivity contribution in [1.82, 2.24) is 9.55 Å². The van der Waals surface area contributed by atoms with E-state index in [1.807, 2.05) is 41.1 Å². The minimum atomic E-state index is 0.0328. The number of rotatable bonds is 3. The summed E-state index contributed by atoms with van der Waals surface area (Å²) in [4.78, 5) is 3.98. The quantitative estimate of drug-likeness (QED) is 0.792. The van der Waals surface area contributed by atoms with Gasteiger partial charge in [0.2, 0.25) is 0 Å². The fourth-order valence-corrected chi connectivity index (χ4v) is 1.43. The fourth-order valence-electron chi connectivity index (χ4n) is 1.43. The smallest absolute Gasteiger partial charge is 0.0946 e. The number of benzene rings is 1. The van der Waals surface area contributed by atoms with Crippen molar-refractivity contribution < 1.29 is 0 Å². The molecule has 0 bridgehead atoms. The van der Waals surface area contributed by atoms with E-state index in [9.17, 15) is 0 Å². The molecule has 2 aromatic rings. The van der Waals surface area contributed by atoms with Crippen LogP contribution < -0.4 is 5.73 Å². The molecule has 1 unspecified atom stereocenters. The number of hydrogen-bond donors (Lipinski definition) is 1. The standard InChI is InChI=1S/C11H13N3/c12-11(8-14-7-6-13-9-14)10-4-2-1-3-5-10/h1-7,9,11H,8,12H2. The zero-order valence-corrected chi connectivity index (χ0v) is 7.88. The summed E-state index contributed by atoms with van der Waals surface area (Å²) in [7, 11) is 0. The fraction of sp³-hybridized carbons (Fsp3) is 0.182. The Morgan fingerprint density at radius 3 is 2.71 bits per heavy atom. The summed E-state index contributed by atoms with van der Waals surface area (Å²) in [5.74, 6) is 0. The monoisotopic (exact) mass is 187 g/mol. The molecule has 0 saturated carbocycles. The predicted molar refractivity (Wildman–Crippen MR) is 55.6 cm³/mol. The van der Waals surface area contributed by atoms with Crippen LogP contribution >= 0.6 is 0 Å². The van der Waals surface area contributed by atoms with Crippen LogP contribution in [0.25, 0.3) is 0 Å². The summed E-state index contributed by atoms with van der Waals surface area (Å²) in [6, 6.07) is 10.1. The van der Waals surface area contributed by atoms with Crippen molar-refractivity contribution in [3.8, 4) is 0 Å². The highest BCUT2D eigenvalue weighted by Crippen LogP contribution is 2.11. The molecule has 0 fully saturated rings. The first-order chi connectivity index (χ1) is 6.86. The van der Waals surface area contributed by atoms with Gasteiger partial charge in [-0.05, 0) is 5.56 Å². The Labute approximate surface area is 83.2 Å². The molecule has 0 aliphatic rings. The van der Waals surface area contributed by atoms with Crippen molar-refractivity contribution in [2.45, 2.75) is 12.6 Å². The van der Waals surface area contributed by atoms with Crippen LogP contribution in [-0.4, -0.2) is 9.55 Å². The molecule has 1 aromatic heterocycles. The maximum atomic E-state index is 6.04. The van der Waals surface area contributed by atoms with E-state index in [1.165, 1.54) is 0 Å². The van der Waals surface area contributed by atoms with E-state index in [-0.39, 0.29) is 6.04 Å². The lowest BCUT2D eigenvalue weighted by Gasteiger charge is -2.12. The zero-order chi connectivity index (χ0) is 9.80. The third-order valence-electron chi connectivity index (χ3n) is 2.19. The van der Waals surface area contributed by atoms with Crippen LogP contribution in [0.5, 0.6) is 0 Å². The average molecular weight is 187 g/mol. The molecule has 0 aliphatic carbocycles. The molecule has 1 aromatic carbocycles. The Hall–Kier alpha value is -1.61. The van der Waals surface area contributed by atoms with E-state index in [0.29, 0.717) is 0 Å². The van der Waals surface area contributed by atoms with Gasteiger partial charge in [0.05, 0.1) is 6.33 Å². The zero-order valence-electron chi connectivity index (χ0n) is 7.88. The Morgan fingerprint density at radius 2 is 2.07 bits per heavy atom. The topological polar surface area (TPSA) is 43.8 Å². The lowest BCUT2D eigenvalue weighted by Crippen LogP contribution is -2.16. The van der Waals surface area contributed by atoms with Crippen LogP contribution in [0.1, 0.15) is 11.6 Å². The first-order valence-corrected chi connectivity index (χ1v) is 4.62. The minimum absolute atomic E-state index is 0.0328. The van der Waals surface area contributed by atoms with Crippen molar-refractivity contribution >= 4 is 0 Å². The highest BCUT2D eigenvalue weighted by Gasteiger charge is 2.04. The van der Waals surface area contributed by atoms with E-state index < -0.39 is 0 Å². The maximum Gasteiger partial charge on any atom is 0.0946 e. The van der Waals surface area contributed by atoms with Gasteiger partial charge in [-0.3, -0.25) is 0 Å². The molecule has 2 rings (SSSR count). The lowest BCUT2D eigenvalue weighted by atomic mass is 10.1. The number of hydrogen-bond acceptors (Lipinski definition) is 2. The van der Waals surface area contributed by atoms with Gasteiger partial charge >= 0.3 is 0 Å². The van der Waals surface area contributed by atoms with Gasteiger partial charge in [0, 0.05) is 25.0 Å². The van der Waals surface area contributed by atoms with Crippen LogP contribution in [0.3, 0.4) is 0 Å². The second kappa shape index (κ2) is 4.07. The molecule has 2 N–H and O–H groups in total. The van der Waals surface area contributed by atoms with Gasteiger partial charge in [0.1, 0.15) is 0 Å². The van der Waals surface area contributed by atoms with Gasteiger partial charge in [-0.2, -0.15) is 0 Å². The van der Waals surface area contributed by atoms with Gasteiger partial charge in [-0.25, -0.2) is 4.98 Å². The van der Waals surface area contributed by atoms with Crippen LogP contribution in [0.15, 0.2) is 49.1 Å². The SMILES string of the molecule is NC(Cn1ccnc1)c1ccccc1. The molecule has 3 nitrogen and oxygen atoms in total. The average Bonchev–Trinajstić information content (AvgIpc) is 2.72. The van der Waals surface area contributed by atoms with Gasteiger partial charge in [0.25, 0.3) is 0 Å². The van der Waals surface area contributed by atoms with E-state index >= 15 is 0 Å². The normalized spacial score (nSPS) is 12.6. The summed E-state index contributed by atoms with van der Waals surface area (Å²) in [6.45, 7) is 0.768. The molecule has 1 atom stereocenters. The Kier molecular flexibility index (Phi) is 2.60. The third kappa shape index (κ3) is 2.00. The van der Waals surface area contributed by atoms with Crippen molar-refractivity contribution in [1.29, 1.82) is 0 Å². The third-order valence-corrected chi connectivity index (χ3v) is 2.19. The number of nitrogens with zero attached hydrogens (tertiary/aromatic N) is 2. The molecule has 14 heavy (non-hydrogen) atoms. The molecular formula is C11H13N3. The van der Waals surface area contributed by atoms with E-state index in [1.54, 1.807) is 12.5 Å². The lowest BCUT2D eigenvalue weighted by molar-refractivity contribution is 0.576. The van der Waals surface area contributed by atoms with E-state index in [4.69, 9.17) is 5.73 Å². The van der Waals surface area contributed by atoms with Gasteiger partial charge in [-0.15, -0.1) is 0 Å². The number of aromatic nitrogens is 2. The second-order valence-electron chi connectivity index (χ2n) is 3.28. The van der Waals surface area contributed by atoms with Gasteiger partial charge in [0.15, 0.2) is 0 Å². The molecule has 1 heterocycles. The van der Waals surface area contributed by atoms with Crippen LogP contribution in [-0.2, 0) is 6.54 Å². The molecule has 0 saturated heterocycles. The number of imidazole rings is 1. The summed E-state index contributed by atoms with van der Waals surface area (Å²) in [6.07, 6.45) is 5.46. The Bertz CT molecular complexity index is 367. The maximum absolute atomic E-state index is 6.04. The Morgan fingerprint density at radius 1 is 1.29 bits per heavy atom. The first kappa shape index (κ1) is 8.97. The second-order valence-corrected chi connectivity index (χ2v) is 3.28. The Balaban J connectivity index is 2.07. The summed E-state index contributed by atoms with van der Waals surface area (Å²) in [5.41, 5.74) is 7.19. The summed E-state index contributed by atoms with van der Waals surface area (Å²) < 4.78 is 1.98. The van der Waals surface area contributed by atoms with Crippen molar-refractivity contribution in [3.05, 3.63) is 54.6 Å². The predicted octanol–water partition coefficient (Wildman–Crippen LogP) is 1.58. The van der Waals surface area contributed by atoms with Crippen molar-refractivity contribution in [2.24, 2.45) is 5.73 Å².